The minimum atomic E-state index is -3.27. The molecule has 0 aliphatic carbocycles. The Kier molecular flexibility index (Phi) is 5.40. The van der Waals surface area contributed by atoms with Crippen LogP contribution in [0.2, 0.25) is 0 Å². The molecule has 0 amide bonds. The molecule has 0 spiro atoms. The van der Waals surface area contributed by atoms with Crippen LogP contribution in [0.3, 0.4) is 0 Å². The van der Waals surface area contributed by atoms with Crippen LogP contribution in [0.1, 0.15) is 23.7 Å². The summed E-state index contributed by atoms with van der Waals surface area (Å²) in [5.41, 5.74) is 5.49. The number of hydrogen-bond donors (Lipinski definition) is 1. The van der Waals surface area contributed by atoms with Crippen LogP contribution in [-0.4, -0.2) is 46.8 Å². The van der Waals surface area contributed by atoms with Crippen molar-refractivity contribution in [3.63, 3.8) is 0 Å². The Morgan fingerprint density at radius 1 is 1.08 bits per heavy atom. The molecule has 5 heterocycles. The summed E-state index contributed by atoms with van der Waals surface area (Å²) in [6.45, 7) is 5.29. The number of ether oxygens (including phenoxy) is 1. The molecule has 4 aromatic rings. The fourth-order valence-electron chi connectivity index (χ4n) is 4.91. The van der Waals surface area contributed by atoms with Gasteiger partial charge >= 0.3 is 0 Å². The van der Waals surface area contributed by atoms with Crippen LogP contribution in [0.15, 0.2) is 55.0 Å². The number of pyridine rings is 2. The minimum Gasteiger partial charge on any atom is -0.493 e. The number of rotatable bonds is 5. The molecule has 36 heavy (non-hydrogen) atoms. The number of benzene rings is 1. The molecule has 0 fully saturated rings. The normalized spacial score (nSPS) is 15.1. The van der Waals surface area contributed by atoms with Crippen molar-refractivity contribution >= 4 is 27.3 Å². The molecule has 2 aliphatic heterocycles. The third-order valence-corrected chi connectivity index (χ3v) is 7.88. The predicted octanol–water partition coefficient (Wildman–Crippen LogP) is 4.03. The molecule has 0 radical (unpaired) electrons. The van der Waals surface area contributed by atoms with Crippen LogP contribution in [0.5, 0.6) is 5.75 Å². The Morgan fingerprint density at radius 3 is 2.83 bits per heavy atom. The molecular weight excluding hydrogens is 476 g/mol. The number of nitrogens with one attached hydrogen (secondary N) is 1. The molecule has 0 unspecified atom stereocenters. The van der Waals surface area contributed by atoms with E-state index in [2.05, 4.69) is 38.2 Å². The van der Waals surface area contributed by atoms with Crippen LogP contribution < -0.4 is 14.4 Å². The summed E-state index contributed by atoms with van der Waals surface area (Å²) in [5, 5.41) is 0. The quantitative estimate of drug-likeness (QED) is 0.440. The van der Waals surface area contributed by atoms with Crippen LogP contribution in [0.25, 0.3) is 17.1 Å². The van der Waals surface area contributed by atoms with Gasteiger partial charge in [0.15, 0.2) is 5.82 Å². The average molecular weight is 503 g/mol. The van der Waals surface area contributed by atoms with Crippen molar-refractivity contribution < 1.29 is 13.2 Å². The summed E-state index contributed by atoms with van der Waals surface area (Å²) in [7, 11) is -3.27. The summed E-state index contributed by atoms with van der Waals surface area (Å²) in [6, 6.07) is 11.6. The van der Waals surface area contributed by atoms with Gasteiger partial charge in [0.2, 0.25) is 10.0 Å². The molecule has 6 rings (SSSR count). The first kappa shape index (κ1) is 22.5. The van der Waals surface area contributed by atoms with E-state index < -0.39 is 10.0 Å². The summed E-state index contributed by atoms with van der Waals surface area (Å²) in [6.07, 6.45) is 6.64. The van der Waals surface area contributed by atoms with E-state index in [1.807, 2.05) is 31.5 Å². The summed E-state index contributed by atoms with van der Waals surface area (Å²) >= 11 is 0. The molecule has 0 saturated heterocycles. The SMILES string of the molecule is CCN1c2ncc(CCOc3cccc4c3CCS(=O)(=O)N4)cc2-c2ncc(C)n2-c2cccnc21. The van der Waals surface area contributed by atoms with Gasteiger partial charge in [-0.05, 0) is 56.2 Å². The smallest absolute Gasteiger partial charge is 0.233 e. The first-order valence-corrected chi connectivity index (χ1v) is 13.6. The van der Waals surface area contributed by atoms with Crippen LogP contribution in [0.4, 0.5) is 17.3 Å². The van der Waals surface area contributed by atoms with Gasteiger partial charge in [0.25, 0.3) is 0 Å². The van der Waals surface area contributed by atoms with E-state index in [1.165, 1.54) is 0 Å². The number of sulfonamides is 1. The zero-order valence-corrected chi connectivity index (χ0v) is 20.9. The number of aromatic nitrogens is 4. The molecular formula is C26H26N6O3S. The highest BCUT2D eigenvalue weighted by Crippen LogP contribution is 2.41. The number of fused-ring (bicyclic) bond motifs is 6. The van der Waals surface area contributed by atoms with Gasteiger partial charge in [-0.25, -0.2) is 23.4 Å². The molecule has 2 aliphatic rings. The second-order valence-corrected chi connectivity index (χ2v) is 10.8. The first-order valence-electron chi connectivity index (χ1n) is 12.0. The zero-order valence-electron chi connectivity index (χ0n) is 20.1. The fraction of sp³-hybridized carbons (Fsp3) is 0.269. The lowest BCUT2D eigenvalue weighted by Gasteiger charge is -2.23. The molecule has 0 saturated carbocycles. The van der Waals surface area contributed by atoms with Crippen molar-refractivity contribution in [2.24, 2.45) is 0 Å². The molecule has 184 valence electrons. The highest BCUT2D eigenvalue weighted by Gasteiger charge is 2.28. The van der Waals surface area contributed by atoms with Crippen LogP contribution >= 0.6 is 0 Å². The van der Waals surface area contributed by atoms with E-state index in [4.69, 9.17) is 14.7 Å². The fourth-order valence-corrected chi connectivity index (χ4v) is 6.01. The highest BCUT2D eigenvalue weighted by atomic mass is 32.2. The maximum absolute atomic E-state index is 11.9. The third kappa shape index (κ3) is 3.78. The summed E-state index contributed by atoms with van der Waals surface area (Å²) < 4.78 is 34.7. The number of hydrogen-bond acceptors (Lipinski definition) is 7. The van der Waals surface area contributed by atoms with Crippen molar-refractivity contribution in [1.82, 2.24) is 19.5 Å². The molecule has 3 aromatic heterocycles. The zero-order chi connectivity index (χ0) is 24.9. The molecule has 9 nitrogen and oxygen atoms in total. The lowest BCUT2D eigenvalue weighted by Crippen LogP contribution is -2.24. The maximum Gasteiger partial charge on any atom is 0.233 e. The third-order valence-electron chi connectivity index (χ3n) is 6.60. The molecule has 10 heteroatoms. The van der Waals surface area contributed by atoms with E-state index in [0.717, 1.165) is 52.1 Å². The average Bonchev–Trinajstić information content (AvgIpc) is 3.20. The second-order valence-electron chi connectivity index (χ2n) is 8.92. The number of nitrogens with zero attached hydrogens (tertiary/aromatic N) is 5. The topological polar surface area (TPSA) is 102 Å². The Labute approximate surface area is 209 Å². The lowest BCUT2D eigenvalue weighted by atomic mass is 10.1. The van der Waals surface area contributed by atoms with Gasteiger partial charge in [-0.3, -0.25) is 9.29 Å². The number of imidazole rings is 1. The van der Waals surface area contributed by atoms with E-state index >= 15 is 0 Å². The standard InChI is InChI=1S/C26H26N6O3S/c1-3-31-24-20(25-28-15-17(2)32(25)22-7-5-11-27-26(22)31)14-18(16-29-24)9-12-35-23-8-4-6-21-19(23)10-13-36(33,34)30-21/h4-8,11,14-16,30H,3,9-10,12-13H2,1-2H3. The van der Waals surface area contributed by atoms with Gasteiger partial charge < -0.3 is 9.64 Å². The Morgan fingerprint density at radius 2 is 1.97 bits per heavy atom. The highest BCUT2D eigenvalue weighted by molar-refractivity contribution is 7.92. The summed E-state index contributed by atoms with van der Waals surface area (Å²) in [5.74, 6) is 3.30. The second kappa shape index (κ2) is 8.63. The number of anilines is 3. The summed E-state index contributed by atoms with van der Waals surface area (Å²) in [4.78, 5) is 16.4. The van der Waals surface area contributed by atoms with Gasteiger partial charge in [0.1, 0.15) is 17.4 Å². The van der Waals surface area contributed by atoms with Crippen molar-refractivity contribution in [2.75, 3.05) is 28.5 Å². The largest absolute Gasteiger partial charge is 0.493 e. The van der Waals surface area contributed by atoms with Gasteiger partial charge in [0, 0.05) is 42.8 Å². The van der Waals surface area contributed by atoms with Gasteiger partial charge in [-0.15, -0.1) is 0 Å². The maximum atomic E-state index is 11.9. The van der Waals surface area contributed by atoms with Crippen molar-refractivity contribution in [2.45, 2.75) is 26.7 Å². The van der Waals surface area contributed by atoms with Gasteiger partial charge in [-0.1, -0.05) is 6.07 Å². The van der Waals surface area contributed by atoms with E-state index in [9.17, 15) is 8.42 Å². The van der Waals surface area contributed by atoms with Crippen molar-refractivity contribution in [3.05, 3.63) is 71.8 Å². The van der Waals surface area contributed by atoms with Crippen LogP contribution in [-0.2, 0) is 22.9 Å². The molecule has 0 bridgehead atoms. The van der Waals surface area contributed by atoms with E-state index in [-0.39, 0.29) is 5.75 Å². The molecule has 1 aromatic carbocycles. The Bertz CT molecular complexity index is 1580. The number of aryl methyl sites for hydroxylation is 1. The molecule has 1 N–H and O–H groups in total. The van der Waals surface area contributed by atoms with E-state index in [1.54, 1.807) is 18.3 Å². The molecule has 0 atom stereocenters. The predicted molar refractivity (Wildman–Crippen MR) is 139 cm³/mol. The lowest BCUT2D eigenvalue weighted by molar-refractivity contribution is 0.319. The van der Waals surface area contributed by atoms with Gasteiger partial charge in [-0.2, -0.15) is 0 Å². The van der Waals surface area contributed by atoms with Crippen molar-refractivity contribution in [3.8, 4) is 22.8 Å². The van der Waals surface area contributed by atoms with Gasteiger partial charge in [0.05, 0.1) is 29.3 Å². The first-order chi connectivity index (χ1) is 17.4. The Balaban J connectivity index is 1.30. The van der Waals surface area contributed by atoms with E-state index in [0.29, 0.717) is 30.9 Å². The minimum absolute atomic E-state index is 0.0619. The van der Waals surface area contributed by atoms with Crippen LogP contribution in [0, 0.1) is 6.92 Å². The Hall–Kier alpha value is -3.92. The van der Waals surface area contributed by atoms with Crippen molar-refractivity contribution in [1.29, 1.82) is 0 Å². The monoisotopic (exact) mass is 502 g/mol.